The Morgan fingerprint density at radius 2 is 1.91 bits per heavy atom. The van der Waals surface area contributed by atoms with Crippen LogP contribution in [0.4, 0.5) is 10.1 Å². The Kier molecular flexibility index (Phi) is 7.78. The average molecular weight is 309 g/mol. The van der Waals surface area contributed by atoms with Crippen LogP contribution in [0.25, 0.3) is 0 Å². The van der Waals surface area contributed by atoms with Crippen molar-refractivity contribution in [3.05, 3.63) is 29.6 Å². The van der Waals surface area contributed by atoms with Crippen LogP contribution in [0.1, 0.15) is 59.9 Å². The van der Waals surface area contributed by atoms with Crippen LogP contribution in [0.5, 0.6) is 0 Å². The van der Waals surface area contributed by atoms with Crippen LogP contribution in [0.2, 0.25) is 0 Å². The molecule has 0 radical (unpaired) electrons. The summed E-state index contributed by atoms with van der Waals surface area (Å²) in [5.74, 6) is -0.292. The van der Waals surface area contributed by atoms with Crippen LogP contribution in [0, 0.1) is 11.7 Å². The summed E-state index contributed by atoms with van der Waals surface area (Å²) in [6.07, 6.45) is 4.74. The number of Topliss-reactive ketones (excluding diaryl/α,β-unsaturated/α-hetero) is 1. The summed E-state index contributed by atoms with van der Waals surface area (Å²) in [7, 11) is 0. The highest BCUT2D eigenvalue weighted by Crippen LogP contribution is 2.17. The number of amides is 1. The second-order valence-corrected chi connectivity index (χ2v) is 5.94. The van der Waals surface area contributed by atoms with E-state index in [9.17, 15) is 14.0 Å². The van der Waals surface area contributed by atoms with Crippen molar-refractivity contribution < 1.29 is 15.4 Å². The predicted molar refractivity (Wildman–Crippen MR) is 89.5 cm³/mol. The Morgan fingerprint density at radius 1 is 1.18 bits per heavy atom. The van der Waals surface area contributed by atoms with E-state index in [1.54, 1.807) is 13.8 Å². The number of hydrogen-bond donors (Lipinski definition) is 1. The molecule has 3 nitrogen and oxygen atoms in total. The fraction of sp³-hybridized carbons (Fsp3) is 0.556. The molecule has 0 heterocycles. The van der Waals surface area contributed by atoms with Gasteiger partial charge in [0.1, 0.15) is 11.6 Å². The zero-order valence-electron chi connectivity index (χ0n) is 13.7. The van der Waals surface area contributed by atoms with Crippen molar-refractivity contribution in [2.24, 2.45) is 5.92 Å². The molecule has 0 atom stereocenters. The molecule has 0 aliphatic carbocycles. The molecular weight excluding hydrogens is 281 g/mol. The van der Waals surface area contributed by atoms with E-state index in [0.29, 0.717) is 24.3 Å². The van der Waals surface area contributed by atoms with E-state index in [2.05, 4.69) is 5.32 Å². The van der Waals surface area contributed by atoms with Gasteiger partial charge in [-0.1, -0.05) is 27.2 Å². The highest BCUT2D eigenvalue weighted by atomic mass is 19.1. The lowest BCUT2D eigenvalue weighted by Gasteiger charge is -2.10. The third-order valence-corrected chi connectivity index (χ3v) is 3.56. The molecular formula is C18H28FNO2. The molecule has 0 fully saturated rings. The zero-order valence-corrected chi connectivity index (χ0v) is 13.7. The molecule has 0 aliphatic rings. The molecule has 124 valence electrons. The van der Waals surface area contributed by atoms with Gasteiger partial charge in [-0.3, -0.25) is 9.59 Å². The van der Waals surface area contributed by atoms with Crippen LogP contribution in [0.3, 0.4) is 0 Å². The number of benzene rings is 1. The van der Waals surface area contributed by atoms with Crippen LogP contribution in [0.15, 0.2) is 18.2 Å². The van der Waals surface area contributed by atoms with E-state index >= 15 is 0 Å². The first-order chi connectivity index (χ1) is 10.4. The first kappa shape index (κ1) is 18.3. The fourth-order valence-corrected chi connectivity index (χ4v) is 2.16. The molecule has 0 saturated heterocycles. The van der Waals surface area contributed by atoms with Gasteiger partial charge in [-0.15, -0.1) is 0 Å². The van der Waals surface area contributed by atoms with Gasteiger partial charge in [0.15, 0.2) is 0 Å². The summed E-state index contributed by atoms with van der Waals surface area (Å²) >= 11 is 0. The fourth-order valence-electron chi connectivity index (χ4n) is 2.16. The first-order valence-corrected chi connectivity index (χ1v) is 8.04. The minimum atomic E-state index is -0.335. The summed E-state index contributed by atoms with van der Waals surface area (Å²) < 4.78 is 13.6. The lowest BCUT2D eigenvalue weighted by Crippen LogP contribution is -2.17. The molecule has 1 aromatic rings. The van der Waals surface area contributed by atoms with Crippen molar-refractivity contribution in [1.82, 2.24) is 0 Å². The van der Waals surface area contributed by atoms with Gasteiger partial charge in [-0.25, -0.2) is 4.39 Å². The molecule has 0 spiro atoms. The number of rotatable bonds is 9. The van der Waals surface area contributed by atoms with Gasteiger partial charge < -0.3 is 5.32 Å². The SMILES string of the molecule is CCC(=O)CCCCCc1cc(F)cc(NC(=O)C(C)C)c1.[HH]. The summed E-state index contributed by atoms with van der Waals surface area (Å²) in [5.41, 5.74) is 1.38. The monoisotopic (exact) mass is 309 g/mol. The maximum absolute atomic E-state index is 13.6. The van der Waals surface area contributed by atoms with Crippen LogP contribution in [-0.4, -0.2) is 11.7 Å². The van der Waals surface area contributed by atoms with Crippen LogP contribution >= 0.6 is 0 Å². The second kappa shape index (κ2) is 9.34. The topological polar surface area (TPSA) is 46.2 Å². The van der Waals surface area contributed by atoms with Crippen molar-refractivity contribution in [3.8, 4) is 0 Å². The van der Waals surface area contributed by atoms with Crippen molar-refractivity contribution >= 4 is 17.4 Å². The van der Waals surface area contributed by atoms with E-state index in [4.69, 9.17) is 0 Å². The smallest absolute Gasteiger partial charge is 0.226 e. The van der Waals surface area contributed by atoms with Crippen molar-refractivity contribution in [2.75, 3.05) is 5.32 Å². The van der Waals surface area contributed by atoms with Crippen LogP contribution < -0.4 is 5.32 Å². The number of carbonyl (C=O) groups excluding carboxylic acids is 2. The minimum absolute atomic E-state index is 0. The number of hydrogen-bond acceptors (Lipinski definition) is 2. The van der Waals surface area contributed by atoms with E-state index < -0.39 is 0 Å². The number of unbranched alkanes of at least 4 members (excludes halogenated alkanes) is 2. The molecule has 1 N–H and O–H groups in total. The van der Waals surface area contributed by atoms with E-state index in [1.807, 2.05) is 13.0 Å². The lowest BCUT2D eigenvalue weighted by molar-refractivity contribution is -0.119. The van der Waals surface area contributed by atoms with E-state index in [1.165, 1.54) is 12.1 Å². The molecule has 0 bridgehead atoms. The Balaban J connectivity index is 0.00000484. The normalized spacial score (nSPS) is 10.8. The summed E-state index contributed by atoms with van der Waals surface area (Å²) in [4.78, 5) is 22.9. The van der Waals surface area contributed by atoms with Gasteiger partial charge in [-0.05, 0) is 43.0 Å². The van der Waals surface area contributed by atoms with Crippen molar-refractivity contribution in [3.63, 3.8) is 0 Å². The number of ketones is 1. The maximum Gasteiger partial charge on any atom is 0.226 e. The highest BCUT2D eigenvalue weighted by Gasteiger charge is 2.09. The van der Waals surface area contributed by atoms with Crippen LogP contribution in [-0.2, 0) is 16.0 Å². The molecule has 0 unspecified atom stereocenters. The van der Waals surface area contributed by atoms with Gasteiger partial charge in [-0.2, -0.15) is 0 Å². The summed E-state index contributed by atoms with van der Waals surface area (Å²) in [5, 5.41) is 2.72. The van der Waals surface area contributed by atoms with E-state index in [0.717, 1.165) is 31.2 Å². The summed E-state index contributed by atoms with van der Waals surface area (Å²) in [6.45, 7) is 5.47. The van der Waals surface area contributed by atoms with Crippen molar-refractivity contribution in [2.45, 2.75) is 59.3 Å². The Labute approximate surface area is 133 Å². The molecule has 4 heteroatoms. The van der Waals surface area contributed by atoms with E-state index in [-0.39, 0.29) is 19.1 Å². The Morgan fingerprint density at radius 3 is 2.55 bits per heavy atom. The molecule has 1 rings (SSSR count). The number of anilines is 1. The number of nitrogens with one attached hydrogen (secondary N) is 1. The number of aryl methyl sites for hydroxylation is 1. The molecule has 1 aromatic carbocycles. The quantitative estimate of drug-likeness (QED) is 0.669. The van der Waals surface area contributed by atoms with Gasteiger partial charge >= 0.3 is 0 Å². The highest BCUT2D eigenvalue weighted by molar-refractivity contribution is 5.92. The zero-order chi connectivity index (χ0) is 16.5. The Hall–Kier alpha value is -1.71. The molecule has 0 aliphatic heterocycles. The number of carbonyl (C=O) groups is 2. The molecule has 0 saturated carbocycles. The van der Waals surface area contributed by atoms with Gasteiger partial charge in [0, 0.05) is 25.9 Å². The van der Waals surface area contributed by atoms with Gasteiger partial charge in [0.25, 0.3) is 0 Å². The molecule has 22 heavy (non-hydrogen) atoms. The first-order valence-electron chi connectivity index (χ1n) is 8.04. The van der Waals surface area contributed by atoms with Gasteiger partial charge in [0.05, 0.1) is 0 Å². The van der Waals surface area contributed by atoms with Crippen molar-refractivity contribution in [1.29, 1.82) is 0 Å². The van der Waals surface area contributed by atoms with Gasteiger partial charge in [0.2, 0.25) is 5.91 Å². The predicted octanol–water partition coefficient (Wildman–Crippen LogP) is 4.75. The third-order valence-electron chi connectivity index (χ3n) is 3.56. The largest absolute Gasteiger partial charge is 0.326 e. The molecule has 1 amide bonds. The maximum atomic E-state index is 13.6. The second-order valence-electron chi connectivity index (χ2n) is 5.94. The standard InChI is InChI=1S/C18H26FNO2.H2/c1-4-17(21)9-7-5-6-8-14-10-15(19)12-16(11-14)20-18(22)13(2)3;/h10-13H,4-9H2,1-3H3,(H,20,22);1H. The molecule has 0 aromatic heterocycles. The third kappa shape index (κ3) is 6.83. The number of halogens is 1. The Bertz CT molecular complexity index is 518. The lowest BCUT2D eigenvalue weighted by atomic mass is 10.0. The minimum Gasteiger partial charge on any atom is -0.326 e. The summed E-state index contributed by atoms with van der Waals surface area (Å²) in [6, 6.07) is 4.66. The average Bonchev–Trinajstić information content (AvgIpc) is 2.45.